The van der Waals surface area contributed by atoms with E-state index in [0.717, 1.165) is 11.1 Å². The summed E-state index contributed by atoms with van der Waals surface area (Å²) in [6, 6.07) is 10.9. The van der Waals surface area contributed by atoms with Gasteiger partial charge in [0.05, 0.1) is 25.3 Å². The van der Waals surface area contributed by atoms with E-state index in [1.807, 2.05) is 24.3 Å². The smallest absolute Gasteiger partial charge is 0.272 e. The second-order valence-electron chi connectivity index (χ2n) is 6.26. The summed E-state index contributed by atoms with van der Waals surface area (Å²) in [6.07, 6.45) is 0. The molecule has 8 heteroatoms. The van der Waals surface area contributed by atoms with E-state index in [1.54, 1.807) is 44.9 Å². The molecule has 0 radical (unpaired) electrons. The number of ether oxygens (including phenoxy) is 2. The molecule has 28 heavy (non-hydrogen) atoms. The maximum absolute atomic E-state index is 12.0. The van der Waals surface area contributed by atoms with Crippen LogP contribution in [0.15, 0.2) is 45.7 Å². The van der Waals surface area contributed by atoms with Crippen molar-refractivity contribution in [3.63, 3.8) is 0 Å². The van der Waals surface area contributed by atoms with E-state index in [1.165, 1.54) is 0 Å². The van der Waals surface area contributed by atoms with Gasteiger partial charge >= 0.3 is 0 Å². The van der Waals surface area contributed by atoms with Crippen molar-refractivity contribution in [3.05, 3.63) is 52.4 Å². The molecule has 0 amide bonds. The van der Waals surface area contributed by atoms with Crippen LogP contribution in [0.3, 0.4) is 0 Å². The average molecular weight is 378 g/mol. The molecule has 0 atom stereocenters. The van der Waals surface area contributed by atoms with Crippen LogP contribution in [0, 0.1) is 6.92 Å². The van der Waals surface area contributed by atoms with Crippen molar-refractivity contribution < 1.29 is 14.0 Å². The highest BCUT2D eigenvalue weighted by Crippen LogP contribution is 2.32. The Kier molecular flexibility index (Phi) is 4.31. The molecular formula is C20H18N4O4. The Labute approximate surface area is 160 Å². The molecule has 0 aliphatic carbocycles. The second-order valence-corrected chi connectivity index (χ2v) is 6.26. The molecule has 0 saturated heterocycles. The third kappa shape index (κ3) is 2.88. The average Bonchev–Trinajstić information content (AvgIpc) is 3.21. The van der Waals surface area contributed by atoms with Crippen LogP contribution in [0.5, 0.6) is 11.5 Å². The number of aryl methyl sites for hydroxylation is 2. The van der Waals surface area contributed by atoms with E-state index >= 15 is 0 Å². The van der Waals surface area contributed by atoms with E-state index in [0.29, 0.717) is 40.0 Å². The molecule has 0 bridgehead atoms. The van der Waals surface area contributed by atoms with Crippen LogP contribution < -0.4 is 15.0 Å². The molecule has 2 heterocycles. The number of aromatic nitrogens is 4. The van der Waals surface area contributed by atoms with Crippen molar-refractivity contribution in [1.29, 1.82) is 0 Å². The summed E-state index contributed by atoms with van der Waals surface area (Å²) in [5, 5.41) is 4.08. The lowest BCUT2D eigenvalue weighted by atomic mass is 10.1. The highest BCUT2D eigenvalue weighted by molar-refractivity contribution is 5.80. The Balaban J connectivity index is 1.75. The van der Waals surface area contributed by atoms with Crippen molar-refractivity contribution in [2.24, 2.45) is 7.05 Å². The third-order valence-corrected chi connectivity index (χ3v) is 4.55. The standard InChI is InChI=1S/C20H18N4O4/c1-11-20(25)24(2)15-7-5-12(9-14(15)21-11)18-22-19(28-23-18)13-6-8-16(26-3)17(10-13)27-4/h5-10H,1-4H3. The van der Waals surface area contributed by atoms with Gasteiger partial charge in [0, 0.05) is 18.2 Å². The number of fused-ring (bicyclic) bond motifs is 1. The van der Waals surface area contributed by atoms with Gasteiger partial charge in [0.15, 0.2) is 11.5 Å². The van der Waals surface area contributed by atoms with Gasteiger partial charge in [0.2, 0.25) is 5.82 Å². The number of rotatable bonds is 4. The number of benzene rings is 2. The van der Waals surface area contributed by atoms with Crippen molar-refractivity contribution in [1.82, 2.24) is 19.7 Å². The van der Waals surface area contributed by atoms with E-state index in [-0.39, 0.29) is 5.56 Å². The van der Waals surface area contributed by atoms with Crippen molar-refractivity contribution >= 4 is 11.0 Å². The summed E-state index contributed by atoms with van der Waals surface area (Å²) >= 11 is 0. The number of methoxy groups -OCH3 is 2. The lowest BCUT2D eigenvalue weighted by Gasteiger charge is -2.07. The predicted molar refractivity (Wildman–Crippen MR) is 104 cm³/mol. The van der Waals surface area contributed by atoms with Gasteiger partial charge in [-0.3, -0.25) is 4.79 Å². The molecular weight excluding hydrogens is 360 g/mol. The Morgan fingerprint density at radius 1 is 0.964 bits per heavy atom. The quantitative estimate of drug-likeness (QED) is 0.539. The van der Waals surface area contributed by atoms with E-state index in [2.05, 4.69) is 15.1 Å². The van der Waals surface area contributed by atoms with Gasteiger partial charge in [0.1, 0.15) is 5.69 Å². The van der Waals surface area contributed by atoms with Crippen LogP contribution in [0.2, 0.25) is 0 Å². The van der Waals surface area contributed by atoms with Gasteiger partial charge in [0.25, 0.3) is 11.4 Å². The summed E-state index contributed by atoms with van der Waals surface area (Å²) in [4.78, 5) is 20.9. The molecule has 4 aromatic rings. The molecule has 4 rings (SSSR count). The van der Waals surface area contributed by atoms with Crippen LogP contribution in [0.4, 0.5) is 0 Å². The second kappa shape index (κ2) is 6.80. The number of hydrogen-bond donors (Lipinski definition) is 0. The maximum Gasteiger partial charge on any atom is 0.272 e. The monoisotopic (exact) mass is 378 g/mol. The first-order valence-electron chi connectivity index (χ1n) is 8.55. The molecule has 0 saturated carbocycles. The fourth-order valence-corrected chi connectivity index (χ4v) is 3.04. The summed E-state index contributed by atoms with van der Waals surface area (Å²) in [7, 11) is 4.87. The Morgan fingerprint density at radius 3 is 2.46 bits per heavy atom. The lowest BCUT2D eigenvalue weighted by Crippen LogP contribution is -2.20. The molecule has 0 aliphatic rings. The summed E-state index contributed by atoms with van der Waals surface area (Å²) < 4.78 is 17.6. The SMILES string of the molecule is COc1ccc(-c2nc(-c3ccc4c(c3)nc(C)c(=O)n4C)no2)cc1OC. The molecule has 0 N–H and O–H groups in total. The molecule has 2 aromatic heterocycles. The molecule has 142 valence electrons. The fraction of sp³-hybridized carbons (Fsp3) is 0.200. The van der Waals surface area contributed by atoms with E-state index in [4.69, 9.17) is 14.0 Å². The maximum atomic E-state index is 12.0. The first kappa shape index (κ1) is 17.7. The van der Waals surface area contributed by atoms with E-state index in [9.17, 15) is 4.79 Å². The highest BCUT2D eigenvalue weighted by Gasteiger charge is 2.15. The van der Waals surface area contributed by atoms with Gasteiger partial charge < -0.3 is 18.6 Å². The zero-order chi connectivity index (χ0) is 19.8. The van der Waals surface area contributed by atoms with Gasteiger partial charge in [-0.05, 0) is 43.3 Å². The summed E-state index contributed by atoms with van der Waals surface area (Å²) in [5.74, 6) is 1.99. The fourth-order valence-electron chi connectivity index (χ4n) is 3.04. The van der Waals surface area contributed by atoms with Gasteiger partial charge in [-0.1, -0.05) is 5.16 Å². The molecule has 0 aliphatic heterocycles. The molecule has 2 aromatic carbocycles. The molecule has 0 fully saturated rings. The minimum absolute atomic E-state index is 0.115. The molecule has 0 spiro atoms. The summed E-state index contributed by atoms with van der Waals surface area (Å²) in [5.41, 5.74) is 3.21. The minimum Gasteiger partial charge on any atom is -0.493 e. The normalized spacial score (nSPS) is 11.0. The van der Waals surface area contributed by atoms with Gasteiger partial charge in [-0.25, -0.2) is 4.98 Å². The largest absolute Gasteiger partial charge is 0.493 e. The van der Waals surface area contributed by atoms with Crippen LogP contribution in [0.1, 0.15) is 5.69 Å². The van der Waals surface area contributed by atoms with Crippen LogP contribution >= 0.6 is 0 Å². The van der Waals surface area contributed by atoms with Crippen molar-refractivity contribution in [2.45, 2.75) is 6.92 Å². The van der Waals surface area contributed by atoms with Gasteiger partial charge in [-0.2, -0.15) is 4.98 Å². The highest BCUT2D eigenvalue weighted by atomic mass is 16.5. The zero-order valence-corrected chi connectivity index (χ0v) is 15.9. The number of nitrogens with zero attached hydrogens (tertiary/aromatic N) is 4. The van der Waals surface area contributed by atoms with Crippen LogP contribution in [0.25, 0.3) is 33.9 Å². The van der Waals surface area contributed by atoms with Gasteiger partial charge in [-0.15, -0.1) is 0 Å². The Morgan fingerprint density at radius 2 is 1.71 bits per heavy atom. The predicted octanol–water partition coefficient (Wildman–Crippen LogP) is 2.98. The zero-order valence-electron chi connectivity index (χ0n) is 15.9. The first-order chi connectivity index (χ1) is 13.5. The molecule has 0 unspecified atom stereocenters. The Bertz CT molecular complexity index is 1240. The minimum atomic E-state index is -0.115. The first-order valence-corrected chi connectivity index (χ1v) is 8.55. The summed E-state index contributed by atoms with van der Waals surface area (Å²) in [6.45, 7) is 1.69. The van der Waals surface area contributed by atoms with Crippen molar-refractivity contribution in [3.8, 4) is 34.3 Å². The number of hydrogen-bond acceptors (Lipinski definition) is 7. The van der Waals surface area contributed by atoms with Crippen LogP contribution in [-0.4, -0.2) is 33.9 Å². The third-order valence-electron chi connectivity index (χ3n) is 4.55. The Hall–Kier alpha value is -3.68. The lowest BCUT2D eigenvalue weighted by molar-refractivity contribution is 0.355. The van der Waals surface area contributed by atoms with E-state index < -0.39 is 0 Å². The molecule has 8 nitrogen and oxygen atoms in total. The van der Waals surface area contributed by atoms with Crippen molar-refractivity contribution in [2.75, 3.05) is 14.2 Å². The van der Waals surface area contributed by atoms with Crippen LogP contribution in [-0.2, 0) is 7.05 Å². The topological polar surface area (TPSA) is 92.3 Å².